The second kappa shape index (κ2) is 5.43. The summed E-state index contributed by atoms with van der Waals surface area (Å²) in [5.74, 6) is 0.596. The summed E-state index contributed by atoms with van der Waals surface area (Å²) in [7, 11) is 0. The SMILES string of the molecule is Cc1ccc([C@]23OC[C@H]4CCCC[C@@H]4N2C(=O)c2ccccc23)cc1. The summed E-state index contributed by atoms with van der Waals surface area (Å²) in [5, 5.41) is 0. The molecule has 3 atom stereocenters. The van der Waals surface area contributed by atoms with Crippen LogP contribution >= 0.6 is 0 Å². The molecule has 0 bridgehead atoms. The van der Waals surface area contributed by atoms with Gasteiger partial charge in [0.05, 0.1) is 6.61 Å². The second-order valence-electron chi connectivity index (χ2n) is 7.65. The lowest BCUT2D eigenvalue weighted by atomic mass is 9.80. The molecule has 1 saturated carbocycles. The van der Waals surface area contributed by atoms with Gasteiger partial charge in [0.25, 0.3) is 5.91 Å². The Morgan fingerprint density at radius 2 is 1.80 bits per heavy atom. The fourth-order valence-corrected chi connectivity index (χ4v) is 5.01. The Kier molecular flexibility index (Phi) is 3.29. The van der Waals surface area contributed by atoms with Crippen molar-refractivity contribution in [1.29, 1.82) is 0 Å². The molecule has 3 aliphatic rings. The maximum Gasteiger partial charge on any atom is 0.257 e. The van der Waals surface area contributed by atoms with Gasteiger partial charge in [0.1, 0.15) is 0 Å². The Hall–Kier alpha value is -2.13. The van der Waals surface area contributed by atoms with Gasteiger partial charge < -0.3 is 4.74 Å². The smallest absolute Gasteiger partial charge is 0.257 e. The molecule has 0 unspecified atom stereocenters. The highest BCUT2D eigenvalue weighted by atomic mass is 16.5. The molecule has 0 aromatic heterocycles. The van der Waals surface area contributed by atoms with Crippen molar-refractivity contribution in [1.82, 2.24) is 4.90 Å². The Labute approximate surface area is 148 Å². The molecule has 1 aliphatic carbocycles. The van der Waals surface area contributed by atoms with Gasteiger partial charge in [-0.15, -0.1) is 0 Å². The quantitative estimate of drug-likeness (QED) is 0.781. The molecule has 2 aromatic rings. The molecule has 2 fully saturated rings. The molecule has 2 aliphatic heterocycles. The lowest BCUT2D eigenvalue weighted by Crippen LogP contribution is -2.60. The predicted octanol–water partition coefficient (Wildman–Crippen LogP) is 4.24. The molecule has 0 radical (unpaired) electrons. The summed E-state index contributed by atoms with van der Waals surface area (Å²) >= 11 is 0. The Balaban J connectivity index is 1.74. The van der Waals surface area contributed by atoms with E-state index < -0.39 is 5.72 Å². The molecule has 2 aromatic carbocycles. The average molecular weight is 333 g/mol. The van der Waals surface area contributed by atoms with Crippen LogP contribution in [-0.2, 0) is 10.5 Å². The minimum Gasteiger partial charge on any atom is -0.347 e. The van der Waals surface area contributed by atoms with Gasteiger partial charge in [-0.05, 0) is 25.8 Å². The molecule has 3 nitrogen and oxygen atoms in total. The van der Waals surface area contributed by atoms with Gasteiger partial charge in [0.15, 0.2) is 5.72 Å². The average Bonchev–Trinajstić information content (AvgIpc) is 2.93. The molecule has 0 spiro atoms. The van der Waals surface area contributed by atoms with E-state index in [9.17, 15) is 4.79 Å². The fourth-order valence-electron chi connectivity index (χ4n) is 5.01. The summed E-state index contributed by atoms with van der Waals surface area (Å²) in [5.41, 5.74) is 3.35. The Bertz CT molecular complexity index is 828. The molecule has 3 heteroatoms. The topological polar surface area (TPSA) is 29.5 Å². The zero-order valence-electron chi connectivity index (χ0n) is 14.6. The minimum absolute atomic E-state index is 0.132. The summed E-state index contributed by atoms with van der Waals surface area (Å²) in [6.07, 6.45) is 4.69. The van der Waals surface area contributed by atoms with Crippen LogP contribution in [0.4, 0.5) is 0 Å². The van der Waals surface area contributed by atoms with Crippen molar-refractivity contribution in [3.63, 3.8) is 0 Å². The van der Waals surface area contributed by atoms with Crippen LogP contribution in [0.1, 0.15) is 52.7 Å². The summed E-state index contributed by atoms with van der Waals surface area (Å²) in [4.78, 5) is 15.5. The first kappa shape index (κ1) is 15.2. The molecule has 2 heterocycles. The van der Waals surface area contributed by atoms with Crippen LogP contribution in [0.2, 0.25) is 0 Å². The summed E-state index contributed by atoms with van der Waals surface area (Å²) < 4.78 is 6.59. The highest BCUT2D eigenvalue weighted by molar-refractivity contribution is 6.00. The van der Waals surface area contributed by atoms with Gasteiger partial charge in [0, 0.05) is 28.7 Å². The van der Waals surface area contributed by atoms with Gasteiger partial charge in [-0.3, -0.25) is 9.69 Å². The number of carbonyl (C=O) groups excluding carboxylic acids is 1. The lowest BCUT2D eigenvalue weighted by molar-refractivity contribution is -0.189. The number of aryl methyl sites for hydroxylation is 1. The monoisotopic (exact) mass is 333 g/mol. The van der Waals surface area contributed by atoms with Crippen molar-refractivity contribution in [2.45, 2.75) is 44.4 Å². The van der Waals surface area contributed by atoms with E-state index >= 15 is 0 Å². The van der Waals surface area contributed by atoms with Gasteiger partial charge >= 0.3 is 0 Å². The maximum absolute atomic E-state index is 13.4. The van der Waals surface area contributed by atoms with Gasteiger partial charge in [0.2, 0.25) is 0 Å². The van der Waals surface area contributed by atoms with Crippen molar-refractivity contribution < 1.29 is 9.53 Å². The first-order valence-corrected chi connectivity index (χ1v) is 9.36. The zero-order chi connectivity index (χ0) is 17.0. The number of carbonyl (C=O) groups is 1. The maximum atomic E-state index is 13.4. The lowest BCUT2D eigenvalue weighted by Gasteiger charge is -2.52. The van der Waals surface area contributed by atoms with Crippen LogP contribution in [0.3, 0.4) is 0 Å². The number of hydrogen-bond acceptors (Lipinski definition) is 2. The molecular formula is C22H23NO2. The highest BCUT2D eigenvalue weighted by Crippen LogP contribution is 2.52. The van der Waals surface area contributed by atoms with Gasteiger partial charge in [-0.25, -0.2) is 0 Å². The number of fused-ring (bicyclic) bond motifs is 5. The third-order valence-electron chi connectivity index (χ3n) is 6.23. The molecule has 0 N–H and O–H groups in total. The van der Waals surface area contributed by atoms with Gasteiger partial charge in [-0.1, -0.05) is 60.9 Å². The third kappa shape index (κ3) is 1.99. The number of nitrogens with zero attached hydrogens (tertiary/aromatic N) is 1. The predicted molar refractivity (Wildman–Crippen MR) is 96.3 cm³/mol. The zero-order valence-corrected chi connectivity index (χ0v) is 14.6. The van der Waals surface area contributed by atoms with Crippen LogP contribution in [0.15, 0.2) is 48.5 Å². The van der Waals surface area contributed by atoms with Crippen molar-refractivity contribution in [2.24, 2.45) is 5.92 Å². The van der Waals surface area contributed by atoms with E-state index in [-0.39, 0.29) is 11.9 Å². The van der Waals surface area contributed by atoms with Crippen molar-refractivity contribution >= 4 is 5.91 Å². The largest absolute Gasteiger partial charge is 0.347 e. The molecular weight excluding hydrogens is 310 g/mol. The molecule has 1 amide bonds. The van der Waals surface area contributed by atoms with Gasteiger partial charge in [-0.2, -0.15) is 0 Å². The standard InChI is InChI=1S/C22H23NO2/c1-15-10-12-17(13-11-15)22-19-8-4-3-7-18(19)21(24)23(22)20-9-5-2-6-16(20)14-25-22/h3-4,7-8,10-13,16,20H,2,5-6,9,14H2,1H3/t16-,20+,22-/m1/s1. The first-order chi connectivity index (χ1) is 12.2. The normalized spacial score (nSPS) is 30.6. The number of ether oxygens (including phenoxy) is 1. The van der Waals surface area contributed by atoms with E-state index in [1.165, 1.54) is 18.4 Å². The Morgan fingerprint density at radius 1 is 1.04 bits per heavy atom. The molecule has 5 rings (SSSR count). The summed E-state index contributed by atoms with van der Waals surface area (Å²) in [6.45, 7) is 2.82. The second-order valence-corrected chi connectivity index (χ2v) is 7.65. The van der Waals surface area contributed by atoms with E-state index in [4.69, 9.17) is 4.74 Å². The van der Waals surface area contributed by atoms with E-state index in [0.717, 1.165) is 36.1 Å². The van der Waals surface area contributed by atoms with Crippen molar-refractivity contribution in [2.75, 3.05) is 6.61 Å². The van der Waals surface area contributed by atoms with Crippen LogP contribution < -0.4 is 0 Å². The van der Waals surface area contributed by atoms with Crippen molar-refractivity contribution in [3.8, 4) is 0 Å². The van der Waals surface area contributed by atoms with Crippen LogP contribution in [0, 0.1) is 12.8 Å². The minimum atomic E-state index is -0.750. The number of benzene rings is 2. The van der Waals surface area contributed by atoms with E-state index in [0.29, 0.717) is 5.92 Å². The molecule has 128 valence electrons. The molecule has 1 saturated heterocycles. The van der Waals surface area contributed by atoms with Crippen LogP contribution in [0.25, 0.3) is 0 Å². The highest BCUT2D eigenvalue weighted by Gasteiger charge is 2.58. The van der Waals surface area contributed by atoms with E-state index in [2.05, 4.69) is 42.2 Å². The number of rotatable bonds is 1. The molecule has 25 heavy (non-hydrogen) atoms. The number of hydrogen-bond donors (Lipinski definition) is 0. The first-order valence-electron chi connectivity index (χ1n) is 9.36. The Morgan fingerprint density at radius 3 is 2.64 bits per heavy atom. The van der Waals surface area contributed by atoms with Crippen molar-refractivity contribution in [3.05, 3.63) is 70.8 Å². The van der Waals surface area contributed by atoms with Crippen LogP contribution in [-0.4, -0.2) is 23.5 Å². The summed E-state index contributed by atoms with van der Waals surface area (Å²) in [6, 6.07) is 16.8. The van der Waals surface area contributed by atoms with E-state index in [1.807, 2.05) is 18.2 Å². The fraction of sp³-hybridized carbons (Fsp3) is 0.409. The van der Waals surface area contributed by atoms with E-state index in [1.54, 1.807) is 0 Å². The van der Waals surface area contributed by atoms with Crippen LogP contribution in [0.5, 0.6) is 0 Å². The third-order valence-corrected chi connectivity index (χ3v) is 6.23. The number of amides is 1.